The van der Waals surface area contributed by atoms with Crippen LogP contribution in [0.25, 0.3) is 0 Å². The van der Waals surface area contributed by atoms with E-state index in [4.69, 9.17) is 15.9 Å². The predicted molar refractivity (Wildman–Crippen MR) is 43.3 cm³/mol. The van der Waals surface area contributed by atoms with Crippen molar-refractivity contribution in [3.05, 3.63) is 23.8 Å². The molecular formula is C8H11NO2. The van der Waals surface area contributed by atoms with Gasteiger partial charge in [-0.3, -0.25) is 0 Å². The zero-order chi connectivity index (χ0) is 8.27. The molecule has 1 aromatic rings. The summed E-state index contributed by atoms with van der Waals surface area (Å²) in [6.45, 7) is 0.101. The quantitative estimate of drug-likeness (QED) is 0.428. The Bertz CT molecular complexity index is 248. The van der Waals surface area contributed by atoms with Gasteiger partial charge in [0, 0.05) is 6.61 Å². The molecule has 0 spiro atoms. The van der Waals surface area contributed by atoms with Crippen LogP contribution >= 0.6 is 0 Å². The molecule has 0 bridgehead atoms. The van der Waals surface area contributed by atoms with Crippen LogP contribution in [0.5, 0.6) is 5.75 Å². The van der Waals surface area contributed by atoms with Gasteiger partial charge in [-0.05, 0) is 24.1 Å². The fraction of sp³-hybridized carbons (Fsp3) is 0.250. The minimum absolute atomic E-state index is 0.0895. The Morgan fingerprint density at radius 2 is 2.09 bits per heavy atom. The second-order valence-corrected chi connectivity index (χ2v) is 2.37. The van der Waals surface area contributed by atoms with Crippen LogP contribution in [-0.4, -0.2) is 16.8 Å². The number of hydrogen-bond donors (Lipinski definition) is 3. The minimum Gasteiger partial charge on any atom is -0.506 e. The summed E-state index contributed by atoms with van der Waals surface area (Å²) in [4.78, 5) is 0. The number of nitrogen functional groups attached to an aromatic ring is 1. The van der Waals surface area contributed by atoms with Crippen molar-refractivity contribution in [3.8, 4) is 5.75 Å². The molecule has 0 fully saturated rings. The van der Waals surface area contributed by atoms with Gasteiger partial charge in [0.15, 0.2) is 0 Å². The summed E-state index contributed by atoms with van der Waals surface area (Å²) in [7, 11) is 0. The van der Waals surface area contributed by atoms with Crippen molar-refractivity contribution in [1.82, 2.24) is 0 Å². The highest BCUT2D eigenvalue weighted by Gasteiger charge is 1.97. The van der Waals surface area contributed by atoms with Gasteiger partial charge in [0.05, 0.1) is 5.69 Å². The predicted octanol–water partition coefficient (Wildman–Crippen LogP) is 0.509. The maximum atomic E-state index is 9.02. The molecule has 3 nitrogen and oxygen atoms in total. The Morgan fingerprint density at radius 3 is 2.64 bits per heavy atom. The lowest BCUT2D eigenvalue weighted by molar-refractivity contribution is 0.299. The van der Waals surface area contributed by atoms with Crippen LogP contribution < -0.4 is 5.73 Å². The van der Waals surface area contributed by atoms with Gasteiger partial charge in [0.25, 0.3) is 0 Å². The number of aliphatic hydroxyl groups is 1. The Kier molecular flexibility index (Phi) is 2.33. The zero-order valence-electron chi connectivity index (χ0n) is 6.12. The molecule has 1 rings (SSSR count). The zero-order valence-corrected chi connectivity index (χ0v) is 6.12. The molecule has 0 unspecified atom stereocenters. The van der Waals surface area contributed by atoms with E-state index >= 15 is 0 Å². The molecule has 0 radical (unpaired) electrons. The third-order valence-corrected chi connectivity index (χ3v) is 1.49. The number of nitrogens with two attached hydrogens (primary N) is 1. The number of aromatic hydroxyl groups is 1. The first-order chi connectivity index (χ1) is 5.24. The number of hydrogen-bond acceptors (Lipinski definition) is 3. The summed E-state index contributed by atoms with van der Waals surface area (Å²) in [6.07, 6.45) is 0.574. The summed E-state index contributed by atoms with van der Waals surface area (Å²) in [5, 5.41) is 17.6. The molecule has 60 valence electrons. The summed E-state index contributed by atoms with van der Waals surface area (Å²) in [6, 6.07) is 4.92. The fourth-order valence-corrected chi connectivity index (χ4v) is 0.889. The van der Waals surface area contributed by atoms with E-state index in [-0.39, 0.29) is 12.4 Å². The van der Waals surface area contributed by atoms with Crippen molar-refractivity contribution in [1.29, 1.82) is 0 Å². The molecule has 0 atom stereocenters. The van der Waals surface area contributed by atoms with Gasteiger partial charge < -0.3 is 15.9 Å². The number of anilines is 1. The molecule has 0 amide bonds. The van der Waals surface area contributed by atoms with E-state index < -0.39 is 0 Å². The average molecular weight is 153 g/mol. The van der Waals surface area contributed by atoms with Crippen molar-refractivity contribution in [2.24, 2.45) is 0 Å². The standard InChI is InChI=1S/C8H11NO2/c9-7-5-6(3-4-10)1-2-8(7)11/h1-2,5,10-11H,3-4,9H2. The van der Waals surface area contributed by atoms with Crippen LogP contribution in [0, 0.1) is 0 Å². The van der Waals surface area contributed by atoms with Crippen LogP contribution in [0.1, 0.15) is 5.56 Å². The van der Waals surface area contributed by atoms with E-state index in [1.807, 2.05) is 0 Å². The van der Waals surface area contributed by atoms with Gasteiger partial charge >= 0.3 is 0 Å². The Balaban J connectivity index is 2.86. The largest absolute Gasteiger partial charge is 0.506 e. The first-order valence-electron chi connectivity index (χ1n) is 3.42. The lowest BCUT2D eigenvalue weighted by Gasteiger charge is -2.01. The van der Waals surface area contributed by atoms with Gasteiger partial charge in [0.2, 0.25) is 0 Å². The summed E-state index contributed by atoms with van der Waals surface area (Å²) in [5.74, 6) is 0.0895. The maximum absolute atomic E-state index is 9.02. The highest BCUT2D eigenvalue weighted by molar-refractivity contribution is 5.53. The van der Waals surface area contributed by atoms with E-state index in [1.54, 1.807) is 12.1 Å². The van der Waals surface area contributed by atoms with Gasteiger partial charge in [-0.1, -0.05) is 6.07 Å². The maximum Gasteiger partial charge on any atom is 0.138 e. The highest BCUT2D eigenvalue weighted by Crippen LogP contribution is 2.20. The van der Waals surface area contributed by atoms with E-state index in [1.165, 1.54) is 6.07 Å². The first-order valence-corrected chi connectivity index (χ1v) is 3.42. The van der Waals surface area contributed by atoms with Crippen molar-refractivity contribution in [3.63, 3.8) is 0 Å². The Morgan fingerprint density at radius 1 is 1.36 bits per heavy atom. The van der Waals surface area contributed by atoms with Crippen LogP contribution in [0.2, 0.25) is 0 Å². The monoisotopic (exact) mass is 153 g/mol. The van der Waals surface area contributed by atoms with E-state index in [0.717, 1.165) is 5.56 Å². The number of benzene rings is 1. The van der Waals surface area contributed by atoms with Gasteiger partial charge in [0.1, 0.15) is 5.75 Å². The van der Waals surface area contributed by atoms with Crippen LogP contribution in [0.4, 0.5) is 5.69 Å². The third-order valence-electron chi connectivity index (χ3n) is 1.49. The van der Waals surface area contributed by atoms with E-state index in [9.17, 15) is 0 Å². The molecule has 3 heteroatoms. The molecule has 11 heavy (non-hydrogen) atoms. The molecule has 0 heterocycles. The smallest absolute Gasteiger partial charge is 0.138 e. The lowest BCUT2D eigenvalue weighted by atomic mass is 10.1. The van der Waals surface area contributed by atoms with Crippen molar-refractivity contribution < 1.29 is 10.2 Å². The minimum atomic E-state index is 0.0895. The molecule has 0 aromatic heterocycles. The topological polar surface area (TPSA) is 66.5 Å². The van der Waals surface area contributed by atoms with Crippen LogP contribution in [0.3, 0.4) is 0 Å². The van der Waals surface area contributed by atoms with Crippen molar-refractivity contribution >= 4 is 5.69 Å². The summed E-state index contributed by atoms with van der Waals surface area (Å²) < 4.78 is 0. The van der Waals surface area contributed by atoms with Crippen LogP contribution in [-0.2, 0) is 6.42 Å². The summed E-state index contributed by atoms with van der Waals surface area (Å²) in [5.41, 5.74) is 6.71. The number of aliphatic hydroxyl groups excluding tert-OH is 1. The number of phenolic OH excluding ortho intramolecular Hbond substituents is 1. The molecule has 0 aliphatic rings. The highest BCUT2D eigenvalue weighted by atomic mass is 16.3. The molecular weight excluding hydrogens is 142 g/mol. The van der Waals surface area contributed by atoms with E-state index in [0.29, 0.717) is 12.1 Å². The number of phenols is 1. The first kappa shape index (κ1) is 7.88. The van der Waals surface area contributed by atoms with Gasteiger partial charge in [-0.15, -0.1) is 0 Å². The Labute approximate surface area is 65.1 Å². The van der Waals surface area contributed by atoms with Crippen molar-refractivity contribution in [2.75, 3.05) is 12.3 Å². The van der Waals surface area contributed by atoms with Crippen molar-refractivity contribution in [2.45, 2.75) is 6.42 Å². The average Bonchev–Trinajstić information content (AvgIpc) is 1.98. The molecule has 4 N–H and O–H groups in total. The lowest BCUT2D eigenvalue weighted by Crippen LogP contribution is -1.92. The molecule has 0 aliphatic heterocycles. The normalized spacial score (nSPS) is 9.91. The Hall–Kier alpha value is -1.22. The second-order valence-electron chi connectivity index (χ2n) is 2.37. The fourth-order valence-electron chi connectivity index (χ4n) is 0.889. The number of rotatable bonds is 2. The SMILES string of the molecule is Nc1cc(CCO)ccc1O. The third kappa shape index (κ3) is 1.85. The summed E-state index contributed by atoms with van der Waals surface area (Å²) >= 11 is 0. The van der Waals surface area contributed by atoms with Crippen LogP contribution in [0.15, 0.2) is 18.2 Å². The molecule has 0 saturated heterocycles. The second kappa shape index (κ2) is 3.25. The molecule has 0 aliphatic carbocycles. The van der Waals surface area contributed by atoms with E-state index in [2.05, 4.69) is 0 Å². The van der Waals surface area contributed by atoms with Gasteiger partial charge in [-0.2, -0.15) is 0 Å². The molecule has 0 saturated carbocycles. The van der Waals surface area contributed by atoms with Gasteiger partial charge in [-0.25, -0.2) is 0 Å². The molecule has 1 aromatic carbocycles.